The van der Waals surface area contributed by atoms with E-state index in [0.717, 1.165) is 5.56 Å². The molecule has 0 bridgehead atoms. The van der Waals surface area contributed by atoms with Crippen LogP contribution in [0.1, 0.15) is 71.2 Å². The molecule has 6 heteroatoms. The van der Waals surface area contributed by atoms with Gasteiger partial charge in [-0.1, -0.05) is 43.5 Å². The van der Waals surface area contributed by atoms with Gasteiger partial charge in [0.25, 0.3) is 11.8 Å². The third-order valence-corrected chi connectivity index (χ3v) is 6.62. The molecule has 1 heterocycles. The lowest BCUT2D eigenvalue weighted by atomic mass is 9.94. The van der Waals surface area contributed by atoms with Crippen LogP contribution in [0.2, 0.25) is 0 Å². The fraction of sp³-hybridized carbons (Fsp3) is 0.423. The van der Waals surface area contributed by atoms with Crippen molar-refractivity contribution in [2.75, 3.05) is 18.5 Å². The van der Waals surface area contributed by atoms with Gasteiger partial charge < -0.3 is 10.2 Å². The van der Waals surface area contributed by atoms with Gasteiger partial charge in [0.2, 0.25) is 5.91 Å². The van der Waals surface area contributed by atoms with Crippen molar-refractivity contribution < 1.29 is 14.4 Å². The number of rotatable bonds is 8. The van der Waals surface area contributed by atoms with E-state index >= 15 is 0 Å². The molecule has 0 saturated heterocycles. The number of carbonyl (C=O) groups excluding carboxylic acids is 3. The van der Waals surface area contributed by atoms with E-state index in [2.05, 4.69) is 41.5 Å². The molecule has 1 saturated carbocycles. The summed E-state index contributed by atoms with van der Waals surface area (Å²) >= 11 is 0. The fourth-order valence-electron chi connectivity index (χ4n) is 4.66. The highest BCUT2D eigenvalue weighted by Gasteiger charge is 2.34. The molecule has 0 radical (unpaired) electrons. The Hall–Kier alpha value is -3.15. The van der Waals surface area contributed by atoms with Gasteiger partial charge in [0, 0.05) is 38.3 Å². The largest absolute Gasteiger partial charge is 0.372 e. The normalized spacial score (nSPS) is 16.2. The average Bonchev–Trinajstić information content (AvgIpc) is 3.08. The first-order valence-electron chi connectivity index (χ1n) is 11.6. The minimum absolute atomic E-state index is 0.0787. The first-order valence-corrected chi connectivity index (χ1v) is 11.6. The highest BCUT2D eigenvalue weighted by Crippen LogP contribution is 2.26. The summed E-state index contributed by atoms with van der Waals surface area (Å²) in [7, 11) is 2.17. The Labute approximate surface area is 189 Å². The molecule has 6 nitrogen and oxygen atoms in total. The van der Waals surface area contributed by atoms with Crippen LogP contribution >= 0.6 is 0 Å². The summed E-state index contributed by atoms with van der Waals surface area (Å²) in [5, 5.41) is 2.94. The van der Waals surface area contributed by atoms with Crippen molar-refractivity contribution in [3.63, 3.8) is 0 Å². The predicted octanol–water partition coefficient (Wildman–Crippen LogP) is 4.15. The number of nitrogens with zero attached hydrogens (tertiary/aromatic N) is 2. The molecule has 32 heavy (non-hydrogen) atoms. The monoisotopic (exact) mass is 433 g/mol. The van der Waals surface area contributed by atoms with Crippen molar-refractivity contribution in [2.24, 2.45) is 0 Å². The molecule has 0 unspecified atom stereocenters. The summed E-state index contributed by atoms with van der Waals surface area (Å²) in [4.78, 5) is 40.6. The van der Waals surface area contributed by atoms with Crippen LogP contribution in [-0.2, 0) is 11.3 Å². The molecule has 0 spiro atoms. The van der Waals surface area contributed by atoms with Crippen molar-refractivity contribution in [1.82, 2.24) is 10.2 Å². The minimum Gasteiger partial charge on any atom is -0.372 e. The number of hydrogen-bond acceptors (Lipinski definition) is 4. The first-order chi connectivity index (χ1) is 15.5. The third kappa shape index (κ3) is 4.85. The lowest BCUT2D eigenvalue weighted by molar-refractivity contribution is -0.121. The number of hydrogen-bond donors (Lipinski definition) is 1. The van der Waals surface area contributed by atoms with Crippen LogP contribution in [0.4, 0.5) is 5.69 Å². The summed E-state index contributed by atoms with van der Waals surface area (Å²) in [6.07, 6.45) is 7.21. The Kier molecular flexibility index (Phi) is 6.88. The summed E-state index contributed by atoms with van der Waals surface area (Å²) in [6, 6.07) is 15.8. The molecular weight excluding hydrogens is 402 g/mol. The lowest BCUT2D eigenvalue weighted by Crippen LogP contribution is -2.33. The van der Waals surface area contributed by atoms with E-state index in [1.807, 2.05) is 0 Å². The van der Waals surface area contributed by atoms with Gasteiger partial charge in [0.05, 0.1) is 11.1 Å². The van der Waals surface area contributed by atoms with Gasteiger partial charge >= 0.3 is 0 Å². The van der Waals surface area contributed by atoms with Gasteiger partial charge in [0.1, 0.15) is 0 Å². The molecule has 0 aromatic heterocycles. The van der Waals surface area contributed by atoms with Crippen LogP contribution < -0.4 is 10.2 Å². The number of imide groups is 1. The first kappa shape index (κ1) is 22.1. The van der Waals surface area contributed by atoms with Gasteiger partial charge in [-0.15, -0.1) is 0 Å². The van der Waals surface area contributed by atoms with Crippen molar-refractivity contribution in [3.05, 3.63) is 65.2 Å². The Morgan fingerprint density at radius 2 is 1.59 bits per heavy atom. The summed E-state index contributed by atoms with van der Waals surface area (Å²) in [6.45, 7) is 0.723. The number of benzene rings is 2. The van der Waals surface area contributed by atoms with Crippen LogP contribution in [0, 0.1) is 0 Å². The van der Waals surface area contributed by atoms with Gasteiger partial charge in [-0.05, 0) is 49.1 Å². The van der Waals surface area contributed by atoms with Crippen LogP contribution in [0.25, 0.3) is 0 Å². The molecule has 1 aliphatic carbocycles. The van der Waals surface area contributed by atoms with E-state index in [4.69, 9.17) is 0 Å². The molecule has 2 aliphatic rings. The standard InChI is InChI=1S/C26H31N3O3/c1-28(20-8-3-2-4-9-20)21-15-13-19(14-16-21)18-27-24(30)12-7-17-29-25(31)22-10-5-6-11-23(22)26(29)32/h5-6,10-11,13-16,20H,2-4,7-9,12,17-18H2,1H3,(H,27,30). The van der Waals surface area contributed by atoms with Gasteiger partial charge in [-0.3, -0.25) is 19.3 Å². The molecule has 2 aromatic carbocycles. The maximum Gasteiger partial charge on any atom is 0.261 e. The zero-order chi connectivity index (χ0) is 22.5. The topological polar surface area (TPSA) is 69.7 Å². The third-order valence-electron chi connectivity index (χ3n) is 6.62. The Morgan fingerprint density at radius 3 is 2.22 bits per heavy atom. The molecular formula is C26H31N3O3. The van der Waals surface area contributed by atoms with E-state index < -0.39 is 0 Å². The number of carbonyl (C=O) groups is 3. The molecule has 1 N–H and O–H groups in total. The van der Waals surface area contributed by atoms with E-state index in [1.54, 1.807) is 24.3 Å². The Balaban J connectivity index is 1.20. The van der Waals surface area contributed by atoms with Crippen molar-refractivity contribution >= 4 is 23.4 Å². The van der Waals surface area contributed by atoms with Crippen molar-refractivity contribution in [2.45, 2.75) is 57.5 Å². The van der Waals surface area contributed by atoms with Gasteiger partial charge in [0.15, 0.2) is 0 Å². The quantitative estimate of drug-likeness (QED) is 0.635. The smallest absolute Gasteiger partial charge is 0.261 e. The van der Waals surface area contributed by atoms with Crippen LogP contribution in [0.5, 0.6) is 0 Å². The molecule has 1 fully saturated rings. The number of anilines is 1. The molecule has 168 valence electrons. The maximum atomic E-state index is 12.4. The molecule has 1 aliphatic heterocycles. The second-order valence-electron chi connectivity index (χ2n) is 8.76. The number of amides is 3. The second kappa shape index (κ2) is 9.98. The molecule has 3 amide bonds. The zero-order valence-corrected chi connectivity index (χ0v) is 18.7. The lowest BCUT2D eigenvalue weighted by Gasteiger charge is -2.33. The van der Waals surface area contributed by atoms with Crippen LogP contribution in [0.3, 0.4) is 0 Å². The fourth-order valence-corrected chi connectivity index (χ4v) is 4.66. The van der Waals surface area contributed by atoms with E-state index in [-0.39, 0.29) is 30.7 Å². The summed E-state index contributed by atoms with van der Waals surface area (Å²) in [5.41, 5.74) is 3.16. The van der Waals surface area contributed by atoms with E-state index in [1.165, 1.54) is 42.7 Å². The number of nitrogens with one attached hydrogen (secondary N) is 1. The zero-order valence-electron chi connectivity index (χ0n) is 18.7. The highest BCUT2D eigenvalue weighted by atomic mass is 16.2. The molecule has 2 aromatic rings. The van der Waals surface area contributed by atoms with Crippen molar-refractivity contribution in [1.29, 1.82) is 0 Å². The Morgan fingerprint density at radius 1 is 0.969 bits per heavy atom. The average molecular weight is 434 g/mol. The minimum atomic E-state index is -0.274. The maximum absolute atomic E-state index is 12.4. The van der Waals surface area contributed by atoms with Crippen LogP contribution in [-0.4, -0.2) is 42.3 Å². The van der Waals surface area contributed by atoms with E-state index in [9.17, 15) is 14.4 Å². The number of fused-ring (bicyclic) bond motifs is 1. The SMILES string of the molecule is CN(c1ccc(CNC(=O)CCCN2C(=O)c3ccccc3C2=O)cc1)C1CCCCC1. The predicted molar refractivity (Wildman–Crippen MR) is 125 cm³/mol. The second-order valence-corrected chi connectivity index (χ2v) is 8.76. The summed E-state index contributed by atoms with van der Waals surface area (Å²) in [5.74, 6) is -0.626. The highest BCUT2D eigenvalue weighted by molar-refractivity contribution is 6.21. The van der Waals surface area contributed by atoms with Gasteiger partial charge in [-0.2, -0.15) is 0 Å². The molecule has 0 atom stereocenters. The van der Waals surface area contributed by atoms with Crippen LogP contribution in [0.15, 0.2) is 48.5 Å². The van der Waals surface area contributed by atoms with Crippen molar-refractivity contribution in [3.8, 4) is 0 Å². The van der Waals surface area contributed by atoms with E-state index in [0.29, 0.717) is 30.1 Å². The summed E-state index contributed by atoms with van der Waals surface area (Å²) < 4.78 is 0. The molecule has 4 rings (SSSR count). The van der Waals surface area contributed by atoms with Gasteiger partial charge in [-0.25, -0.2) is 0 Å². The Bertz CT molecular complexity index is 945.